The molecular weight excluding hydrogens is 390 g/mol. The van der Waals surface area contributed by atoms with Gasteiger partial charge in [0.2, 0.25) is 0 Å². The van der Waals surface area contributed by atoms with Crippen molar-refractivity contribution in [2.75, 3.05) is 18.9 Å². The van der Waals surface area contributed by atoms with Gasteiger partial charge in [-0.1, -0.05) is 30.3 Å². The van der Waals surface area contributed by atoms with E-state index in [1.165, 1.54) is 26.4 Å². The molecule has 1 aromatic heterocycles. The largest absolute Gasteiger partial charge is 0.465 e. The fourth-order valence-electron chi connectivity index (χ4n) is 2.57. The number of benzene rings is 2. The molecule has 0 aliphatic rings. The number of rotatable bonds is 5. The fourth-order valence-corrected chi connectivity index (χ4v) is 5.47. The summed E-state index contributed by atoms with van der Waals surface area (Å²) in [5, 5.41) is 0.394. The van der Waals surface area contributed by atoms with E-state index in [1.54, 1.807) is 36.4 Å². The molecule has 1 heterocycles. The predicted molar refractivity (Wildman–Crippen MR) is 102 cm³/mol. The molecule has 140 valence electrons. The summed E-state index contributed by atoms with van der Waals surface area (Å²) < 4.78 is 38.7. The van der Waals surface area contributed by atoms with Crippen LogP contribution in [0.5, 0.6) is 0 Å². The molecule has 0 atom stereocenters. The highest BCUT2D eigenvalue weighted by atomic mass is 32.2. The van der Waals surface area contributed by atoms with Crippen LogP contribution in [0.25, 0.3) is 10.1 Å². The van der Waals surface area contributed by atoms with Crippen molar-refractivity contribution in [3.05, 3.63) is 59.0 Å². The van der Waals surface area contributed by atoms with Crippen molar-refractivity contribution in [1.29, 1.82) is 0 Å². The van der Waals surface area contributed by atoms with Gasteiger partial charge >= 0.3 is 11.9 Å². The van der Waals surface area contributed by atoms with E-state index >= 15 is 0 Å². The number of esters is 2. The normalized spacial score (nSPS) is 11.2. The molecule has 0 fully saturated rings. The number of carbonyl (C=O) groups excluding carboxylic acids is 2. The zero-order valence-electron chi connectivity index (χ0n) is 14.4. The molecule has 0 unspecified atom stereocenters. The van der Waals surface area contributed by atoms with Crippen LogP contribution in [0, 0.1) is 0 Å². The standard InChI is InChI=1S/C18H15NO6S2/c1-24-17(20)11-7-3-5-9-13(11)19-27(22,23)16-12-8-4-6-10-14(12)26-15(16)18(21)25-2/h3-10,19H,1-2H3. The van der Waals surface area contributed by atoms with Gasteiger partial charge in [0.1, 0.15) is 9.77 Å². The Morgan fingerprint density at radius 1 is 0.926 bits per heavy atom. The van der Waals surface area contributed by atoms with Gasteiger partial charge in [0.15, 0.2) is 0 Å². The summed E-state index contributed by atoms with van der Waals surface area (Å²) in [7, 11) is -1.81. The maximum absolute atomic E-state index is 13.1. The number of carbonyl (C=O) groups is 2. The Labute approximate surface area is 159 Å². The summed E-state index contributed by atoms with van der Waals surface area (Å²) >= 11 is 1.02. The van der Waals surface area contributed by atoms with Gasteiger partial charge in [-0.3, -0.25) is 4.72 Å². The van der Waals surface area contributed by atoms with Crippen molar-refractivity contribution in [2.24, 2.45) is 0 Å². The lowest BCUT2D eigenvalue weighted by atomic mass is 10.2. The van der Waals surface area contributed by atoms with Gasteiger partial charge in [0.05, 0.1) is 25.5 Å². The number of hydrogen-bond acceptors (Lipinski definition) is 7. The predicted octanol–water partition coefficient (Wildman–Crippen LogP) is 3.28. The van der Waals surface area contributed by atoms with Crippen LogP contribution in [0.3, 0.4) is 0 Å². The topological polar surface area (TPSA) is 98.8 Å². The van der Waals surface area contributed by atoms with Crippen LogP contribution in [-0.2, 0) is 19.5 Å². The Morgan fingerprint density at radius 2 is 1.56 bits per heavy atom. The third kappa shape index (κ3) is 3.51. The van der Waals surface area contributed by atoms with E-state index in [2.05, 4.69) is 9.46 Å². The minimum atomic E-state index is -4.19. The van der Waals surface area contributed by atoms with E-state index in [9.17, 15) is 18.0 Å². The molecule has 0 aliphatic heterocycles. The first kappa shape index (κ1) is 18.9. The molecule has 0 saturated heterocycles. The highest BCUT2D eigenvalue weighted by Gasteiger charge is 2.30. The first-order chi connectivity index (χ1) is 12.9. The van der Waals surface area contributed by atoms with Gasteiger partial charge in [-0.15, -0.1) is 11.3 Å². The second kappa shape index (κ2) is 7.37. The second-order valence-electron chi connectivity index (χ2n) is 5.39. The lowest BCUT2D eigenvalue weighted by Gasteiger charge is -2.12. The summed E-state index contributed by atoms with van der Waals surface area (Å²) in [6, 6.07) is 12.8. The molecular formula is C18H15NO6S2. The molecule has 0 spiro atoms. The molecule has 27 heavy (non-hydrogen) atoms. The van der Waals surface area contributed by atoms with Crippen LogP contribution < -0.4 is 4.72 Å². The minimum absolute atomic E-state index is 0.0400. The van der Waals surface area contributed by atoms with E-state index in [4.69, 9.17) is 4.74 Å². The zero-order valence-corrected chi connectivity index (χ0v) is 16.0. The van der Waals surface area contributed by atoms with E-state index < -0.39 is 22.0 Å². The van der Waals surface area contributed by atoms with E-state index in [0.717, 1.165) is 11.3 Å². The van der Waals surface area contributed by atoms with Crippen LogP contribution in [0.4, 0.5) is 5.69 Å². The average Bonchev–Trinajstić information content (AvgIpc) is 3.07. The average molecular weight is 405 g/mol. The Balaban J connectivity index is 2.17. The fraction of sp³-hybridized carbons (Fsp3) is 0.111. The van der Waals surface area contributed by atoms with E-state index in [-0.39, 0.29) is 21.0 Å². The zero-order chi connectivity index (χ0) is 19.6. The molecule has 3 rings (SSSR count). The Hall–Kier alpha value is -2.91. The highest BCUT2D eigenvalue weighted by Crippen LogP contribution is 2.36. The van der Waals surface area contributed by atoms with E-state index in [0.29, 0.717) is 10.1 Å². The first-order valence-electron chi connectivity index (χ1n) is 7.69. The van der Waals surface area contributed by atoms with Crippen molar-refractivity contribution in [1.82, 2.24) is 0 Å². The third-order valence-electron chi connectivity index (χ3n) is 3.77. The Morgan fingerprint density at radius 3 is 2.26 bits per heavy atom. The van der Waals surface area contributed by atoms with Crippen LogP contribution in [0.2, 0.25) is 0 Å². The maximum atomic E-state index is 13.1. The number of thiophene rings is 1. The summed E-state index contributed by atoms with van der Waals surface area (Å²) in [4.78, 5) is 23.8. The van der Waals surface area contributed by atoms with Gasteiger partial charge in [-0.05, 0) is 18.2 Å². The molecule has 9 heteroatoms. The smallest absolute Gasteiger partial charge is 0.349 e. The Kier molecular flexibility index (Phi) is 5.15. The third-order valence-corrected chi connectivity index (χ3v) is 6.50. The van der Waals surface area contributed by atoms with Crippen molar-refractivity contribution in [3.8, 4) is 0 Å². The number of nitrogens with one attached hydrogen (secondary N) is 1. The van der Waals surface area contributed by atoms with Crippen molar-refractivity contribution in [2.45, 2.75) is 4.90 Å². The van der Waals surface area contributed by atoms with Crippen LogP contribution in [0.1, 0.15) is 20.0 Å². The lowest BCUT2D eigenvalue weighted by molar-refractivity contribution is 0.0593. The number of fused-ring (bicyclic) bond motifs is 1. The first-order valence-corrected chi connectivity index (χ1v) is 9.99. The molecule has 7 nitrogen and oxygen atoms in total. The minimum Gasteiger partial charge on any atom is -0.465 e. The monoisotopic (exact) mass is 405 g/mol. The lowest BCUT2D eigenvalue weighted by Crippen LogP contribution is -2.18. The number of sulfonamides is 1. The van der Waals surface area contributed by atoms with Gasteiger partial charge in [0, 0.05) is 10.1 Å². The van der Waals surface area contributed by atoms with Gasteiger partial charge < -0.3 is 9.47 Å². The maximum Gasteiger partial charge on any atom is 0.349 e. The molecule has 3 aromatic rings. The molecule has 0 amide bonds. The van der Waals surface area contributed by atoms with Crippen LogP contribution in [-0.4, -0.2) is 34.6 Å². The summed E-state index contributed by atoms with van der Waals surface area (Å²) in [5.41, 5.74) is 0.109. The number of methoxy groups -OCH3 is 2. The second-order valence-corrected chi connectivity index (χ2v) is 8.06. The van der Waals surface area contributed by atoms with Gasteiger partial charge in [-0.25, -0.2) is 18.0 Å². The molecule has 0 bridgehead atoms. The number of ether oxygens (including phenoxy) is 2. The number of hydrogen-bond donors (Lipinski definition) is 1. The van der Waals surface area contributed by atoms with Gasteiger partial charge in [0.25, 0.3) is 10.0 Å². The molecule has 0 radical (unpaired) electrons. The molecule has 0 aliphatic carbocycles. The van der Waals surface area contributed by atoms with E-state index in [1.807, 2.05) is 0 Å². The van der Waals surface area contributed by atoms with Crippen LogP contribution in [0.15, 0.2) is 53.4 Å². The van der Waals surface area contributed by atoms with Gasteiger partial charge in [-0.2, -0.15) is 0 Å². The quantitative estimate of drug-likeness (QED) is 0.654. The summed E-state index contributed by atoms with van der Waals surface area (Å²) in [5.74, 6) is -1.44. The number of para-hydroxylation sites is 1. The number of anilines is 1. The SMILES string of the molecule is COC(=O)c1ccccc1NS(=O)(=O)c1c(C(=O)OC)sc2ccccc12. The van der Waals surface area contributed by atoms with Crippen molar-refractivity contribution >= 4 is 49.1 Å². The molecule has 2 aromatic carbocycles. The van der Waals surface area contributed by atoms with Crippen LogP contribution >= 0.6 is 11.3 Å². The summed E-state index contributed by atoms with van der Waals surface area (Å²) in [6.45, 7) is 0. The van der Waals surface area contributed by atoms with Crippen molar-refractivity contribution < 1.29 is 27.5 Å². The Bertz CT molecular complexity index is 1130. The molecule has 1 N–H and O–H groups in total. The van der Waals surface area contributed by atoms with Crippen molar-refractivity contribution in [3.63, 3.8) is 0 Å². The molecule has 0 saturated carbocycles. The summed E-state index contributed by atoms with van der Waals surface area (Å²) in [6.07, 6.45) is 0. The highest BCUT2D eigenvalue weighted by molar-refractivity contribution is 7.93.